The van der Waals surface area contributed by atoms with E-state index < -0.39 is 0 Å². The number of carbonyl (C=O) groups excluding carboxylic acids is 1. The summed E-state index contributed by atoms with van der Waals surface area (Å²) in [5.74, 6) is 0.327. The van der Waals surface area contributed by atoms with E-state index >= 15 is 0 Å². The van der Waals surface area contributed by atoms with Gasteiger partial charge in [0.25, 0.3) is 0 Å². The van der Waals surface area contributed by atoms with Gasteiger partial charge >= 0.3 is 5.97 Å². The second-order valence-electron chi connectivity index (χ2n) is 6.92. The van der Waals surface area contributed by atoms with Crippen LogP contribution in [-0.4, -0.2) is 19.2 Å². The highest BCUT2D eigenvalue weighted by Crippen LogP contribution is 2.26. The van der Waals surface area contributed by atoms with Gasteiger partial charge in [0.15, 0.2) is 0 Å². The van der Waals surface area contributed by atoms with Gasteiger partial charge in [0.1, 0.15) is 5.75 Å². The van der Waals surface area contributed by atoms with Crippen LogP contribution in [0.4, 0.5) is 0 Å². The van der Waals surface area contributed by atoms with Gasteiger partial charge in [0.05, 0.1) is 19.1 Å². The summed E-state index contributed by atoms with van der Waals surface area (Å²) in [6, 6.07) is 7.65. The first-order valence-electron chi connectivity index (χ1n) is 8.97. The molecule has 0 radical (unpaired) electrons. The van der Waals surface area contributed by atoms with Crippen LogP contribution in [0.2, 0.25) is 0 Å². The standard InChI is InChI=1S/C22H32O3/c1-16(2)8-7-9-18(5)10-15-21(22(23)25-17(3)4)19-11-13-20(24-6)14-12-19/h8,10-14,17,21H,7,9,15H2,1-6H3/b18-10+/t21-/m1/s1. The van der Waals surface area contributed by atoms with Crippen molar-refractivity contribution in [3.05, 3.63) is 53.1 Å². The second kappa shape index (κ2) is 10.8. The molecule has 0 N–H and O–H groups in total. The Morgan fingerprint density at radius 2 is 1.72 bits per heavy atom. The maximum absolute atomic E-state index is 12.5. The molecular weight excluding hydrogens is 312 g/mol. The summed E-state index contributed by atoms with van der Waals surface area (Å²) in [5.41, 5.74) is 3.59. The molecule has 0 aliphatic rings. The van der Waals surface area contributed by atoms with Crippen LogP contribution in [0.1, 0.15) is 65.4 Å². The van der Waals surface area contributed by atoms with Gasteiger partial charge in [-0.3, -0.25) is 4.79 Å². The SMILES string of the molecule is COc1ccc([C@@H](C/C=C(\C)CCC=C(C)C)C(=O)OC(C)C)cc1. The van der Waals surface area contributed by atoms with Crippen LogP contribution >= 0.6 is 0 Å². The summed E-state index contributed by atoms with van der Waals surface area (Å²) in [5, 5.41) is 0. The molecule has 0 spiro atoms. The highest BCUT2D eigenvalue weighted by atomic mass is 16.5. The number of ether oxygens (including phenoxy) is 2. The summed E-state index contributed by atoms with van der Waals surface area (Å²) in [4.78, 5) is 12.5. The Hall–Kier alpha value is -2.03. The minimum atomic E-state index is -0.285. The molecule has 0 aliphatic heterocycles. The number of carbonyl (C=O) groups is 1. The molecule has 3 nitrogen and oxygen atoms in total. The normalized spacial score (nSPS) is 12.7. The van der Waals surface area contributed by atoms with E-state index in [0.717, 1.165) is 24.2 Å². The highest BCUT2D eigenvalue weighted by molar-refractivity contribution is 5.78. The Labute approximate surface area is 152 Å². The van der Waals surface area contributed by atoms with Crippen molar-refractivity contribution < 1.29 is 14.3 Å². The Kier molecular flexibility index (Phi) is 9.04. The van der Waals surface area contributed by atoms with Gasteiger partial charge in [-0.1, -0.05) is 35.4 Å². The number of hydrogen-bond acceptors (Lipinski definition) is 3. The zero-order valence-electron chi connectivity index (χ0n) is 16.5. The van der Waals surface area contributed by atoms with Crippen LogP contribution < -0.4 is 4.74 Å². The maximum atomic E-state index is 12.5. The number of rotatable bonds is 9. The van der Waals surface area contributed by atoms with Gasteiger partial charge in [0, 0.05) is 0 Å². The molecule has 0 unspecified atom stereocenters. The van der Waals surface area contributed by atoms with E-state index in [1.807, 2.05) is 38.1 Å². The molecule has 3 heteroatoms. The summed E-state index contributed by atoms with van der Waals surface area (Å²) < 4.78 is 10.7. The monoisotopic (exact) mass is 344 g/mol. The number of hydrogen-bond donors (Lipinski definition) is 0. The Morgan fingerprint density at radius 1 is 1.08 bits per heavy atom. The lowest BCUT2D eigenvalue weighted by Crippen LogP contribution is -2.19. The van der Waals surface area contributed by atoms with E-state index in [4.69, 9.17) is 9.47 Å². The minimum absolute atomic E-state index is 0.115. The van der Waals surface area contributed by atoms with Gasteiger partial charge in [-0.2, -0.15) is 0 Å². The van der Waals surface area contributed by atoms with E-state index in [0.29, 0.717) is 6.42 Å². The first-order chi connectivity index (χ1) is 11.8. The minimum Gasteiger partial charge on any atom is -0.497 e. The van der Waals surface area contributed by atoms with Crippen molar-refractivity contribution in [3.8, 4) is 5.75 Å². The van der Waals surface area contributed by atoms with Crippen molar-refractivity contribution in [3.63, 3.8) is 0 Å². The van der Waals surface area contributed by atoms with E-state index in [1.165, 1.54) is 11.1 Å². The van der Waals surface area contributed by atoms with Crippen LogP contribution in [0.15, 0.2) is 47.6 Å². The first kappa shape index (κ1) is 21.0. The van der Waals surface area contributed by atoms with E-state index in [-0.39, 0.29) is 18.0 Å². The molecule has 0 saturated carbocycles. The second-order valence-corrected chi connectivity index (χ2v) is 6.92. The average molecular weight is 344 g/mol. The smallest absolute Gasteiger partial charge is 0.313 e. The van der Waals surface area contributed by atoms with Crippen LogP contribution in [-0.2, 0) is 9.53 Å². The van der Waals surface area contributed by atoms with Crippen molar-refractivity contribution in [2.24, 2.45) is 0 Å². The van der Waals surface area contributed by atoms with Crippen molar-refractivity contribution in [2.45, 2.75) is 65.9 Å². The highest BCUT2D eigenvalue weighted by Gasteiger charge is 2.22. The number of methoxy groups -OCH3 is 1. The Balaban J connectivity index is 2.86. The van der Waals surface area contributed by atoms with Crippen LogP contribution in [0.3, 0.4) is 0 Å². The molecule has 1 aromatic carbocycles. The van der Waals surface area contributed by atoms with E-state index in [2.05, 4.69) is 32.9 Å². The zero-order chi connectivity index (χ0) is 18.8. The largest absolute Gasteiger partial charge is 0.497 e. The third-order valence-corrected chi connectivity index (χ3v) is 3.95. The number of esters is 1. The predicted octanol–water partition coefficient (Wildman–Crippen LogP) is 5.81. The van der Waals surface area contributed by atoms with Gasteiger partial charge in [0.2, 0.25) is 0 Å². The molecule has 0 bridgehead atoms. The quantitative estimate of drug-likeness (QED) is 0.419. The van der Waals surface area contributed by atoms with Gasteiger partial charge in [-0.15, -0.1) is 0 Å². The van der Waals surface area contributed by atoms with Crippen LogP contribution in [0.25, 0.3) is 0 Å². The van der Waals surface area contributed by atoms with Crippen molar-refractivity contribution in [2.75, 3.05) is 7.11 Å². The Morgan fingerprint density at radius 3 is 2.24 bits per heavy atom. The molecule has 0 amide bonds. The summed E-state index contributed by atoms with van der Waals surface area (Å²) in [7, 11) is 1.64. The van der Waals surface area contributed by atoms with Gasteiger partial charge < -0.3 is 9.47 Å². The van der Waals surface area contributed by atoms with Crippen LogP contribution in [0.5, 0.6) is 5.75 Å². The molecule has 0 heterocycles. The molecule has 138 valence electrons. The number of benzene rings is 1. The lowest BCUT2D eigenvalue weighted by molar-refractivity contribution is -0.149. The first-order valence-corrected chi connectivity index (χ1v) is 8.97. The molecule has 0 aromatic heterocycles. The topological polar surface area (TPSA) is 35.5 Å². The van der Waals surface area contributed by atoms with Gasteiger partial charge in [-0.05, 0) is 71.6 Å². The van der Waals surface area contributed by atoms with Crippen molar-refractivity contribution >= 4 is 5.97 Å². The van der Waals surface area contributed by atoms with E-state index in [9.17, 15) is 4.79 Å². The van der Waals surface area contributed by atoms with Gasteiger partial charge in [-0.25, -0.2) is 0 Å². The fraction of sp³-hybridized carbons (Fsp3) is 0.500. The average Bonchev–Trinajstić information content (AvgIpc) is 2.54. The predicted molar refractivity (Wildman–Crippen MR) is 104 cm³/mol. The lowest BCUT2D eigenvalue weighted by Gasteiger charge is -2.17. The van der Waals surface area contributed by atoms with Crippen molar-refractivity contribution in [1.82, 2.24) is 0 Å². The molecule has 1 aromatic rings. The molecular formula is C22H32O3. The maximum Gasteiger partial charge on any atom is 0.313 e. The number of allylic oxidation sites excluding steroid dienone is 4. The fourth-order valence-corrected chi connectivity index (χ4v) is 2.53. The summed E-state index contributed by atoms with van der Waals surface area (Å²) in [6.07, 6.45) is 6.99. The fourth-order valence-electron chi connectivity index (χ4n) is 2.53. The molecule has 1 atom stereocenters. The molecule has 25 heavy (non-hydrogen) atoms. The molecule has 0 fully saturated rings. The van der Waals surface area contributed by atoms with E-state index in [1.54, 1.807) is 7.11 Å². The zero-order valence-corrected chi connectivity index (χ0v) is 16.5. The lowest BCUT2D eigenvalue weighted by atomic mass is 9.94. The molecule has 0 saturated heterocycles. The third kappa shape index (κ3) is 8.06. The third-order valence-electron chi connectivity index (χ3n) is 3.95. The summed E-state index contributed by atoms with van der Waals surface area (Å²) >= 11 is 0. The van der Waals surface area contributed by atoms with Crippen molar-refractivity contribution in [1.29, 1.82) is 0 Å². The molecule has 1 rings (SSSR count). The molecule has 0 aliphatic carbocycles. The Bertz CT molecular complexity index is 590. The van der Waals surface area contributed by atoms with Crippen LogP contribution in [0, 0.1) is 0 Å². The summed E-state index contributed by atoms with van der Waals surface area (Å²) in [6.45, 7) is 10.1.